The van der Waals surface area contributed by atoms with Gasteiger partial charge in [0.05, 0.1) is 5.69 Å². The molecule has 0 fully saturated rings. The molecule has 0 amide bonds. The first-order chi connectivity index (χ1) is 8.59. The number of nitrogens with two attached hydrogens (primary N) is 1. The molecule has 3 heteroatoms. The number of anilines is 2. The zero-order valence-electron chi connectivity index (χ0n) is 10.6. The highest BCUT2D eigenvalue weighted by molar-refractivity contribution is 6.01. The molecular weight excluding hydrogens is 222 g/mol. The molecule has 2 aromatic rings. The first-order valence-corrected chi connectivity index (χ1v) is 5.83. The second-order valence-electron chi connectivity index (χ2n) is 4.33. The zero-order valence-corrected chi connectivity index (χ0v) is 10.6. The van der Waals surface area contributed by atoms with Crippen LogP contribution < -0.4 is 10.6 Å². The predicted octanol–water partition coefficient (Wildman–Crippen LogP) is 3.05. The van der Waals surface area contributed by atoms with E-state index >= 15 is 0 Å². The van der Waals surface area contributed by atoms with Crippen molar-refractivity contribution in [1.82, 2.24) is 0 Å². The standard InChI is InChI=1S/C15H17N3/c1-11-8-9-13(15(16)17)14(10-11)18(2)12-6-4-3-5-7-12/h3-10H,1-2H3,(H3,16,17). The van der Waals surface area contributed by atoms with Crippen molar-refractivity contribution in [2.24, 2.45) is 5.73 Å². The molecule has 0 saturated heterocycles. The lowest BCUT2D eigenvalue weighted by atomic mass is 10.1. The lowest BCUT2D eigenvalue weighted by Gasteiger charge is -2.22. The van der Waals surface area contributed by atoms with E-state index in [-0.39, 0.29) is 5.84 Å². The van der Waals surface area contributed by atoms with E-state index in [4.69, 9.17) is 11.1 Å². The van der Waals surface area contributed by atoms with Crippen LogP contribution in [0.3, 0.4) is 0 Å². The summed E-state index contributed by atoms with van der Waals surface area (Å²) in [6, 6.07) is 16.0. The first-order valence-electron chi connectivity index (χ1n) is 5.83. The molecule has 0 spiro atoms. The van der Waals surface area contributed by atoms with Gasteiger partial charge < -0.3 is 10.6 Å². The minimum atomic E-state index is 0.0905. The number of benzene rings is 2. The van der Waals surface area contributed by atoms with E-state index in [2.05, 4.69) is 0 Å². The van der Waals surface area contributed by atoms with E-state index in [0.29, 0.717) is 0 Å². The zero-order chi connectivity index (χ0) is 13.1. The van der Waals surface area contributed by atoms with Crippen LogP contribution in [0.25, 0.3) is 0 Å². The van der Waals surface area contributed by atoms with Gasteiger partial charge in [0, 0.05) is 18.3 Å². The number of amidine groups is 1. The Bertz CT molecular complexity index is 561. The molecule has 0 aliphatic rings. The van der Waals surface area contributed by atoms with Gasteiger partial charge in [-0.2, -0.15) is 0 Å². The van der Waals surface area contributed by atoms with Gasteiger partial charge in [-0.05, 0) is 36.8 Å². The molecule has 0 bridgehead atoms. The van der Waals surface area contributed by atoms with Crippen molar-refractivity contribution in [2.75, 3.05) is 11.9 Å². The van der Waals surface area contributed by atoms with Crippen LogP contribution in [0.2, 0.25) is 0 Å². The van der Waals surface area contributed by atoms with E-state index in [1.165, 1.54) is 0 Å². The highest BCUT2D eigenvalue weighted by Gasteiger charge is 2.11. The Morgan fingerprint density at radius 1 is 1.11 bits per heavy atom. The SMILES string of the molecule is Cc1ccc(C(=N)N)c(N(C)c2ccccc2)c1. The smallest absolute Gasteiger partial charge is 0.124 e. The second-order valence-corrected chi connectivity index (χ2v) is 4.33. The molecule has 0 atom stereocenters. The fourth-order valence-electron chi connectivity index (χ4n) is 1.94. The van der Waals surface area contributed by atoms with Gasteiger partial charge in [0.2, 0.25) is 0 Å². The third-order valence-corrected chi connectivity index (χ3v) is 2.95. The van der Waals surface area contributed by atoms with Gasteiger partial charge in [0.15, 0.2) is 0 Å². The molecule has 0 aliphatic heterocycles. The van der Waals surface area contributed by atoms with E-state index in [1.54, 1.807) is 0 Å². The molecule has 2 aromatic carbocycles. The minimum absolute atomic E-state index is 0.0905. The maximum Gasteiger partial charge on any atom is 0.124 e. The fraction of sp³-hybridized carbons (Fsp3) is 0.133. The lowest BCUT2D eigenvalue weighted by molar-refractivity contribution is 1.19. The Morgan fingerprint density at radius 2 is 1.78 bits per heavy atom. The second kappa shape index (κ2) is 4.92. The highest BCUT2D eigenvalue weighted by Crippen LogP contribution is 2.27. The quantitative estimate of drug-likeness (QED) is 0.639. The maximum absolute atomic E-state index is 7.65. The molecule has 3 nitrogen and oxygen atoms in total. The summed E-state index contributed by atoms with van der Waals surface area (Å²) in [4.78, 5) is 2.05. The summed E-state index contributed by atoms with van der Waals surface area (Å²) in [5, 5.41) is 7.65. The van der Waals surface area contributed by atoms with Gasteiger partial charge in [-0.15, -0.1) is 0 Å². The topological polar surface area (TPSA) is 53.1 Å². The summed E-state index contributed by atoms with van der Waals surface area (Å²) >= 11 is 0. The fourth-order valence-corrected chi connectivity index (χ4v) is 1.94. The molecule has 92 valence electrons. The van der Waals surface area contributed by atoms with Crippen LogP contribution in [0.5, 0.6) is 0 Å². The van der Waals surface area contributed by atoms with Crippen LogP contribution in [-0.4, -0.2) is 12.9 Å². The number of aryl methyl sites for hydroxylation is 1. The number of hydrogen-bond donors (Lipinski definition) is 2. The Kier molecular flexibility index (Phi) is 3.33. The maximum atomic E-state index is 7.65. The molecule has 0 unspecified atom stereocenters. The molecule has 0 heterocycles. The largest absolute Gasteiger partial charge is 0.384 e. The average Bonchev–Trinajstić information content (AvgIpc) is 2.38. The summed E-state index contributed by atoms with van der Waals surface area (Å²) in [7, 11) is 1.98. The summed E-state index contributed by atoms with van der Waals surface area (Å²) < 4.78 is 0. The molecule has 0 saturated carbocycles. The molecule has 0 aromatic heterocycles. The average molecular weight is 239 g/mol. The molecular formula is C15H17N3. The monoisotopic (exact) mass is 239 g/mol. The Labute approximate surface area is 107 Å². The van der Waals surface area contributed by atoms with Crippen molar-refractivity contribution < 1.29 is 0 Å². The number of para-hydroxylation sites is 1. The van der Waals surface area contributed by atoms with Crippen molar-refractivity contribution >= 4 is 17.2 Å². The Hall–Kier alpha value is -2.29. The third kappa shape index (κ3) is 2.35. The van der Waals surface area contributed by atoms with E-state index in [1.807, 2.05) is 67.4 Å². The van der Waals surface area contributed by atoms with E-state index < -0.39 is 0 Å². The van der Waals surface area contributed by atoms with Crippen molar-refractivity contribution in [3.05, 3.63) is 59.7 Å². The summed E-state index contributed by atoms with van der Waals surface area (Å²) in [5.41, 5.74) is 9.57. The van der Waals surface area contributed by atoms with Crippen LogP contribution in [0.15, 0.2) is 48.5 Å². The van der Waals surface area contributed by atoms with Crippen LogP contribution in [0, 0.1) is 12.3 Å². The third-order valence-electron chi connectivity index (χ3n) is 2.95. The van der Waals surface area contributed by atoms with E-state index in [0.717, 1.165) is 22.5 Å². The minimum Gasteiger partial charge on any atom is -0.384 e. The number of nitrogens with one attached hydrogen (secondary N) is 1. The van der Waals surface area contributed by atoms with E-state index in [9.17, 15) is 0 Å². The number of rotatable bonds is 3. The van der Waals surface area contributed by atoms with Crippen molar-refractivity contribution in [3.8, 4) is 0 Å². The van der Waals surface area contributed by atoms with Gasteiger partial charge in [-0.3, -0.25) is 5.41 Å². The van der Waals surface area contributed by atoms with Crippen LogP contribution in [0.4, 0.5) is 11.4 Å². The molecule has 3 N–H and O–H groups in total. The van der Waals surface area contributed by atoms with Gasteiger partial charge in [0.1, 0.15) is 5.84 Å². The first kappa shape index (κ1) is 12.2. The summed E-state index contributed by atoms with van der Waals surface area (Å²) in [6.45, 7) is 2.03. The van der Waals surface area contributed by atoms with Gasteiger partial charge in [0.25, 0.3) is 0 Å². The molecule has 18 heavy (non-hydrogen) atoms. The summed E-state index contributed by atoms with van der Waals surface area (Å²) in [6.07, 6.45) is 0. The normalized spacial score (nSPS) is 10.1. The Balaban J connectivity index is 2.50. The van der Waals surface area contributed by atoms with Gasteiger partial charge in [-0.25, -0.2) is 0 Å². The number of nitrogen functional groups attached to an aromatic ring is 1. The van der Waals surface area contributed by atoms with Crippen LogP contribution in [-0.2, 0) is 0 Å². The van der Waals surface area contributed by atoms with Gasteiger partial charge >= 0.3 is 0 Å². The predicted molar refractivity (Wildman–Crippen MR) is 76.7 cm³/mol. The highest BCUT2D eigenvalue weighted by atomic mass is 15.1. The van der Waals surface area contributed by atoms with Crippen molar-refractivity contribution in [3.63, 3.8) is 0 Å². The lowest BCUT2D eigenvalue weighted by Crippen LogP contribution is -2.18. The summed E-state index contributed by atoms with van der Waals surface area (Å²) in [5.74, 6) is 0.0905. The molecule has 2 rings (SSSR count). The van der Waals surface area contributed by atoms with Crippen LogP contribution in [0.1, 0.15) is 11.1 Å². The van der Waals surface area contributed by atoms with Gasteiger partial charge in [-0.1, -0.05) is 24.3 Å². The van der Waals surface area contributed by atoms with Crippen molar-refractivity contribution in [1.29, 1.82) is 5.41 Å². The number of nitrogens with zero attached hydrogens (tertiary/aromatic N) is 1. The van der Waals surface area contributed by atoms with Crippen molar-refractivity contribution in [2.45, 2.75) is 6.92 Å². The molecule has 0 aliphatic carbocycles. The number of hydrogen-bond acceptors (Lipinski definition) is 2. The van der Waals surface area contributed by atoms with Crippen LogP contribution >= 0.6 is 0 Å². The molecule has 0 radical (unpaired) electrons. The Morgan fingerprint density at radius 3 is 2.39 bits per heavy atom.